The normalized spacial score (nSPS) is 23.7. The molecule has 2 saturated heterocycles. The summed E-state index contributed by atoms with van der Waals surface area (Å²) < 4.78 is 7.48. The second-order valence-corrected chi connectivity index (χ2v) is 6.35. The van der Waals surface area contributed by atoms with E-state index in [2.05, 4.69) is 10.00 Å². The van der Waals surface area contributed by atoms with Gasteiger partial charge in [0.15, 0.2) is 0 Å². The molecular formula is C16H26N4O2. The van der Waals surface area contributed by atoms with Crippen molar-refractivity contribution in [3.63, 3.8) is 0 Å². The summed E-state index contributed by atoms with van der Waals surface area (Å²) in [5.41, 5.74) is 1.67. The van der Waals surface area contributed by atoms with Crippen LogP contribution in [0.4, 0.5) is 0 Å². The minimum atomic E-state index is 0.115. The molecule has 22 heavy (non-hydrogen) atoms. The molecule has 3 rings (SSSR count). The number of ether oxygens (including phenoxy) is 1. The van der Waals surface area contributed by atoms with Crippen molar-refractivity contribution in [1.29, 1.82) is 0 Å². The molecule has 0 unspecified atom stereocenters. The number of aryl methyl sites for hydroxylation is 1. The largest absolute Gasteiger partial charge is 0.377 e. The first-order valence-electron chi connectivity index (χ1n) is 8.27. The molecule has 0 radical (unpaired) electrons. The van der Waals surface area contributed by atoms with Crippen molar-refractivity contribution in [2.24, 2.45) is 7.05 Å². The Hall–Kier alpha value is -1.40. The highest BCUT2D eigenvalue weighted by molar-refractivity contribution is 5.95. The minimum absolute atomic E-state index is 0.115. The molecule has 0 aromatic carbocycles. The number of aromatic nitrogens is 2. The zero-order valence-corrected chi connectivity index (χ0v) is 13.6. The van der Waals surface area contributed by atoms with Gasteiger partial charge < -0.3 is 9.64 Å². The zero-order valence-electron chi connectivity index (χ0n) is 13.6. The van der Waals surface area contributed by atoms with Gasteiger partial charge in [-0.05, 0) is 32.7 Å². The van der Waals surface area contributed by atoms with Crippen molar-refractivity contribution in [2.75, 3.05) is 39.3 Å². The Kier molecular flexibility index (Phi) is 4.78. The molecule has 3 heterocycles. The van der Waals surface area contributed by atoms with Gasteiger partial charge in [0.05, 0.1) is 17.9 Å². The molecule has 0 aliphatic carbocycles. The molecule has 1 atom stereocenters. The van der Waals surface area contributed by atoms with Crippen LogP contribution >= 0.6 is 0 Å². The van der Waals surface area contributed by atoms with Crippen LogP contribution in [0.3, 0.4) is 0 Å². The fourth-order valence-corrected chi connectivity index (χ4v) is 3.31. The Morgan fingerprint density at radius 2 is 2.18 bits per heavy atom. The number of amides is 1. The Morgan fingerprint density at radius 3 is 2.86 bits per heavy atom. The quantitative estimate of drug-likeness (QED) is 0.838. The minimum Gasteiger partial charge on any atom is -0.377 e. The Bertz CT molecular complexity index is 522. The van der Waals surface area contributed by atoms with Gasteiger partial charge in [0.1, 0.15) is 0 Å². The van der Waals surface area contributed by atoms with Gasteiger partial charge in [0.25, 0.3) is 5.91 Å². The van der Waals surface area contributed by atoms with Crippen molar-refractivity contribution in [3.05, 3.63) is 17.5 Å². The third-order valence-corrected chi connectivity index (χ3v) is 4.83. The maximum Gasteiger partial charge on any atom is 0.257 e. The van der Waals surface area contributed by atoms with E-state index in [4.69, 9.17) is 4.74 Å². The molecule has 6 heteroatoms. The van der Waals surface area contributed by atoms with Gasteiger partial charge in [-0.15, -0.1) is 0 Å². The lowest BCUT2D eigenvalue weighted by Gasteiger charge is -2.24. The van der Waals surface area contributed by atoms with E-state index in [1.54, 1.807) is 10.9 Å². The summed E-state index contributed by atoms with van der Waals surface area (Å²) in [6.07, 6.45) is 5.46. The third-order valence-electron chi connectivity index (χ3n) is 4.83. The van der Waals surface area contributed by atoms with Crippen LogP contribution < -0.4 is 0 Å². The monoisotopic (exact) mass is 306 g/mol. The molecule has 2 fully saturated rings. The van der Waals surface area contributed by atoms with E-state index in [-0.39, 0.29) is 5.91 Å². The summed E-state index contributed by atoms with van der Waals surface area (Å²) >= 11 is 0. The molecule has 2 aliphatic rings. The zero-order chi connectivity index (χ0) is 15.5. The topological polar surface area (TPSA) is 50.6 Å². The second-order valence-electron chi connectivity index (χ2n) is 6.35. The van der Waals surface area contributed by atoms with Crippen LogP contribution in [-0.4, -0.2) is 70.9 Å². The fraction of sp³-hybridized carbons (Fsp3) is 0.750. The average Bonchev–Trinajstić information content (AvgIpc) is 3.05. The van der Waals surface area contributed by atoms with Crippen LogP contribution in [0, 0.1) is 6.92 Å². The molecule has 1 aromatic rings. The van der Waals surface area contributed by atoms with Crippen molar-refractivity contribution in [3.8, 4) is 0 Å². The van der Waals surface area contributed by atoms with Crippen LogP contribution in [0.15, 0.2) is 6.20 Å². The van der Waals surface area contributed by atoms with Crippen molar-refractivity contribution < 1.29 is 9.53 Å². The highest BCUT2D eigenvalue weighted by atomic mass is 16.5. The number of rotatable bonds is 3. The summed E-state index contributed by atoms with van der Waals surface area (Å²) in [5.74, 6) is 0.115. The summed E-state index contributed by atoms with van der Waals surface area (Å²) in [5, 5.41) is 4.18. The van der Waals surface area contributed by atoms with E-state index in [9.17, 15) is 4.79 Å². The van der Waals surface area contributed by atoms with Gasteiger partial charge >= 0.3 is 0 Å². The smallest absolute Gasteiger partial charge is 0.257 e. The van der Waals surface area contributed by atoms with Gasteiger partial charge in [0.2, 0.25) is 0 Å². The van der Waals surface area contributed by atoms with Crippen molar-refractivity contribution in [1.82, 2.24) is 19.6 Å². The maximum absolute atomic E-state index is 12.7. The molecule has 1 aromatic heterocycles. The standard InChI is InChI=1S/C16H26N4O2/c1-13-15(11-17-18(13)2)16(21)20-7-4-6-19(8-9-20)12-14-5-3-10-22-14/h11,14H,3-10,12H2,1-2H3/t14-/m1/s1. The molecule has 0 bridgehead atoms. The van der Waals surface area contributed by atoms with E-state index in [0.29, 0.717) is 6.10 Å². The predicted molar refractivity (Wildman–Crippen MR) is 83.9 cm³/mol. The number of nitrogens with zero attached hydrogens (tertiary/aromatic N) is 4. The molecule has 0 spiro atoms. The SMILES string of the molecule is Cc1c(C(=O)N2CCCN(C[C@H]3CCCO3)CC2)cnn1C. The van der Waals surface area contributed by atoms with Crippen molar-refractivity contribution >= 4 is 5.91 Å². The van der Waals surface area contributed by atoms with Crippen LogP contribution in [0.2, 0.25) is 0 Å². The van der Waals surface area contributed by atoms with Crippen LogP contribution in [0.1, 0.15) is 35.3 Å². The first kappa shape index (κ1) is 15.5. The molecular weight excluding hydrogens is 280 g/mol. The van der Waals surface area contributed by atoms with Crippen molar-refractivity contribution in [2.45, 2.75) is 32.3 Å². The number of hydrogen-bond donors (Lipinski definition) is 0. The van der Waals surface area contributed by atoms with Gasteiger partial charge in [-0.1, -0.05) is 0 Å². The Balaban J connectivity index is 1.57. The summed E-state index contributed by atoms with van der Waals surface area (Å²) in [7, 11) is 1.87. The van der Waals surface area contributed by atoms with E-state index < -0.39 is 0 Å². The van der Waals surface area contributed by atoms with Gasteiger partial charge in [-0.2, -0.15) is 5.10 Å². The lowest BCUT2D eigenvalue weighted by molar-refractivity contribution is 0.0704. The van der Waals surface area contributed by atoms with E-state index in [0.717, 1.165) is 57.0 Å². The summed E-state index contributed by atoms with van der Waals surface area (Å²) in [6.45, 7) is 7.47. The van der Waals surface area contributed by atoms with E-state index in [1.165, 1.54) is 12.8 Å². The highest BCUT2D eigenvalue weighted by Crippen LogP contribution is 2.16. The molecule has 2 aliphatic heterocycles. The Labute approximate surface area is 132 Å². The summed E-state index contributed by atoms with van der Waals surface area (Å²) in [6, 6.07) is 0. The molecule has 122 valence electrons. The lowest BCUT2D eigenvalue weighted by atomic mass is 10.2. The lowest BCUT2D eigenvalue weighted by Crippen LogP contribution is -2.37. The van der Waals surface area contributed by atoms with Gasteiger partial charge in [-0.3, -0.25) is 14.4 Å². The highest BCUT2D eigenvalue weighted by Gasteiger charge is 2.25. The van der Waals surface area contributed by atoms with Crippen LogP contribution in [0.25, 0.3) is 0 Å². The van der Waals surface area contributed by atoms with E-state index in [1.807, 2.05) is 18.9 Å². The second kappa shape index (κ2) is 6.79. The Morgan fingerprint density at radius 1 is 1.32 bits per heavy atom. The average molecular weight is 306 g/mol. The van der Waals surface area contributed by atoms with Gasteiger partial charge in [0, 0.05) is 45.5 Å². The maximum atomic E-state index is 12.7. The summed E-state index contributed by atoms with van der Waals surface area (Å²) in [4.78, 5) is 17.1. The molecule has 6 nitrogen and oxygen atoms in total. The number of hydrogen-bond acceptors (Lipinski definition) is 4. The van der Waals surface area contributed by atoms with E-state index >= 15 is 0 Å². The first-order chi connectivity index (χ1) is 10.6. The fourth-order valence-electron chi connectivity index (χ4n) is 3.31. The number of carbonyl (C=O) groups is 1. The molecule has 0 N–H and O–H groups in total. The van der Waals surface area contributed by atoms with Gasteiger partial charge in [-0.25, -0.2) is 0 Å². The predicted octanol–water partition coefficient (Wildman–Crippen LogP) is 1.06. The number of carbonyl (C=O) groups excluding carboxylic acids is 1. The van der Waals surface area contributed by atoms with Crippen LogP contribution in [-0.2, 0) is 11.8 Å². The molecule has 0 saturated carbocycles. The third kappa shape index (κ3) is 3.33. The van der Waals surface area contributed by atoms with Crippen LogP contribution in [0.5, 0.6) is 0 Å². The molecule has 1 amide bonds. The first-order valence-corrected chi connectivity index (χ1v) is 8.27.